The van der Waals surface area contributed by atoms with E-state index in [0.29, 0.717) is 49.7 Å². The fourth-order valence-electron chi connectivity index (χ4n) is 2.19. The van der Waals surface area contributed by atoms with Crippen LogP contribution in [0.25, 0.3) is 0 Å². The molecule has 0 heterocycles. The Hall–Kier alpha value is -1.17. The summed E-state index contributed by atoms with van der Waals surface area (Å²) in [5, 5.41) is 13.3. The zero-order valence-electron chi connectivity index (χ0n) is 13.5. The molecular weight excluding hydrogens is 275 g/mol. The predicted molar refractivity (Wildman–Crippen MR) is 78.1 cm³/mol. The van der Waals surface area contributed by atoms with Crippen molar-refractivity contribution in [1.29, 1.82) is 0 Å². The molecule has 1 amide bonds. The van der Waals surface area contributed by atoms with Gasteiger partial charge in [0.05, 0.1) is 26.6 Å². The first kappa shape index (κ1) is 19.8. The number of quaternary nitrogens is 1. The largest absolute Gasteiger partial charge is 0.544 e. The van der Waals surface area contributed by atoms with E-state index in [9.17, 15) is 19.1 Å². The molecule has 0 rings (SSSR count). The molecular formula is C15H29FN2O3. The molecule has 0 spiro atoms. The number of carbonyl (C=O) groups is 2. The standard InChI is InChI=1S/C15H29FN2O3/c1-4-7-13(16)8-5-9-14(19)17-10-6-11-18(2,3)12-15(20)21/h13H,4-12H2,1-3H3,(H-,17,19,20,21). The second kappa shape index (κ2) is 10.5. The highest BCUT2D eigenvalue weighted by Crippen LogP contribution is 2.10. The molecule has 0 aromatic rings. The number of alkyl halides is 1. The molecule has 0 fully saturated rings. The summed E-state index contributed by atoms with van der Waals surface area (Å²) < 4.78 is 13.5. The normalized spacial score (nSPS) is 13.0. The van der Waals surface area contributed by atoms with Crippen LogP contribution in [0.3, 0.4) is 0 Å². The molecule has 1 unspecified atom stereocenters. The van der Waals surface area contributed by atoms with E-state index in [1.165, 1.54) is 0 Å². The Balaban J connectivity index is 3.64. The van der Waals surface area contributed by atoms with Crippen molar-refractivity contribution in [2.75, 3.05) is 33.7 Å². The minimum absolute atomic E-state index is 0.0384. The number of halogens is 1. The van der Waals surface area contributed by atoms with Crippen molar-refractivity contribution in [1.82, 2.24) is 5.32 Å². The lowest BCUT2D eigenvalue weighted by atomic mass is 10.1. The van der Waals surface area contributed by atoms with Gasteiger partial charge in [0.1, 0.15) is 12.7 Å². The SMILES string of the molecule is CCCC(F)CCCC(=O)NCCC[N+](C)(C)CC(=O)[O-]. The third-order valence-corrected chi connectivity index (χ3v) is 3.34. The molecule has 5 nitrogen and oxygen atoms in total. The minimum Gasteiger partial charge on any atom is -0.544 e. The van der Waals surface area contributed by atoms with Crippen LogP contribution in [0.1, 0.15) is 45.4 Å². The number of aliphatic carboxylic acids is 1. The van der Waals surface area contributed by atoms with Crippen LogP contribution in [0.5, 0.6) is 0 Å². The van der Waals surface area contributed by atoms with E-state index >= 15 is 0 Å². The summed E-state index contributed by atoms with van der Waals surface area (Å²) in [5.41, 5.74) is 0. The molecule has 1 atom stereocenters. The fourth-order valence-corrected chi connectivity index (χ4v) is 2.19. The van der Waals surface area contributed by atoms with Crippen molar-refractivity contribution in [3.8, 4) is 0 Å². The molecule has 6 heteroatoms. The Bertz CT molecular complexity index is 322. The molecule has 0 radical (unpaired) electrons. The number of amides is 1. The number of carboxylic acid groups (broad SMARTS) is 1. The first-order valence-corrected chi connectivity index (χ1v) is 7.69. The molecule has 0 saturated carbocycles. The number of carbonyl (C=O) groups excluding carboxylic acids is 2. The highest BCUT2D eigenvalue weighted by molar-refractivity contribution is 5.75. The van der Waals surface area contributed by atoms with Crippen LogP contribution in [0, 0.1) is 0 Å². The molecule has 0 aliphatic carbocycles. The van der Waals surface area contributed by atoms with Gasteiger partial charge in [-0.1, -0.05) is 13.3 Å². The van der Waals surface area contributed by atoms with Gasteiger partial charge in [0, 0.05) is 19.4 Å². The quantitative estimate of drug-likeness (QED) is 0.425. The Morgan fingerprint density at radius 1 is 1.24 bits per heavy atom. The van der Waals surface area contributed by atoms with Gasteiger partial charge in [-0.15, -0.1) is 0 Å². The van der Waals surface area contributed by atoms with Crippen LogP contribution in [0.4, 0.5) is 4.39 Å². The van der Waals surface area contributed by atoms with Gasteiger partial charge in [0.2, 0.25) is 5.91 Å². The van der Waals surface area contributed by atoms with E-state index in [4.69, 9.17) is 0 Å². The zero-order chi connectivity index (χ0) is 16.3. The Morgan fingerprint density at radius 3 is 2.48 bits per heavy atom. The van der Waals surface area contributed by atoms with E-state index in [0.717, 1.165) is 6.42 Å². The number of nitrogens with one attached hydrogen (secondary N) is 1. The van der Waals surface area contributed by atoms with Crippen LogP contribution in [-0.4, -0.2) is 56.3 Å². The lowest BCUT2D eigenvalue weighted by Crippen LogP contribution is -2.49. The Kier molecular flexibility index (Phi) is 9.95. The first-order valence-electron chi connectivity index (χ1n) is 7.69. The van der Waals surface area contributed by atoms with Crippen molar-refractivity contribution in [2.45, 2.75) is 51.6 Å². The van der Waals surface area contributed by atoms with E-state index in [1.807, 2.05) is 21.0 Å². The second-order valence-corrected chi connectivity index (χ2v) is 6.17. The zero-order valence-corrected chi connectivity index (χ0v) is 13.5. The molecule has 0 saturated heterocycles. The van der Waals surface area contributed by atoms with Crippen molar-refractivity contribution < 1.29 is 23.6 Å². The smallest absolute Gasteiger partial charge is 0.219 e. The highest BCUT2D eigenvalue weighted by atomic mass is 19.1. The maximum atomic E-state index is 13.2. The van der Waals surface area contributed by atoms with Crippen LogP contribution >= 0.6 is 0 Å². The number of hydrogen-bond donors (Lipinski definition) is 1. The van der Waals surface area contributed by atoms with Gasteiger partial charge in [-0.05, 0) is 19.3 Å². The number of nitrogens with zero attached hydrogens (tertiary/aromatic N) is 1. The van der Waals surface area contributed by atoms with E-state index < -0.39 is 12.1 Å². The molecule has 0 aliphatic heterocycles. The van der Waals surface area contributed by atoms with Gasteiger partial charge in [-0.3, -0.25) is 4.79 Å². The molecule has 0 aromatic heterocycles. The minimum atomic E-state index is -1.07. The molecule has 124 valence electrons. The summed E-state index contributed by atoms with van der Waals surface area (Å²) in [6.45, 7) is 3.07. The fraction of sp³-hybridized carbons (Fsp3) is 0.867. The van der Waals surface area contributed by atoms with Gasteiger partial charge < -0.3 is 19.7 Å². The van der Waals surface area contributed by atoms with Gasteiger partial charge in [-0.2, -0.15) is 0 Å². The van der Waals surface area contributed by atoms with E-state index in [-0.39, 0.29) is 12.5 Å². The summed E-state index contributed by atoms with van der Waals surface area (Å²) in [5.74, 6) is -1.14. The van der Waals surface area contributed by atoms with Crippen LogP contribution in [-0.2, 0) is 9.59 Å². The predicted octanol–water partition coefficient (Wildman–Crippen LogP) is 0.628. The van der Waals surface area contributed by atoms with Crippen molar-refractivity contribution in [2.24, 2.45) is 0 Å². The van der Waals surface area contributed by atoms with Crippen molar-refractivity contribution in [3.05, 3.63) is 0 Å². The van der Waals surface area contributed by atoms with Gasteiger partial charge >= 0.3 is 0 Å². The maximum absolute atomic E-state index is 13.2. The highest BCUT2D eigenvalue weighted by Gasteiger charge is 2.14. The summed E-state index contributed by atoms with van der Waals surface area (Å²) in [6.07, 6.45) is 2.65. The molecule has 0 aliphatic rings. The third kappa shape index (κ3) is 12.3. The van der Waals surface area contributed by atoms with Crippen LogP contribution < -0.4 is 10.4 Å². The van der Waals surface area contributed by atoms with E-state index in [1.54, 1.807) is 0 Å². The molecule has 0 bridgehead atoms. The number of carboxylic acids is 1. The molecule has 21 heavy (non-hydrogen) atoms. The Morgan fingerprint density at radius 2 is 1.90 bits per heavy atom. The van der Waals surface area contributed by atoms with Crippen molar-refractivity contribution in [3.63, 3.8) is 0 Å². The number of hydrogen-bond acceptors (Lipinski definition) is 3. The van der Waals surface area contributed by atoms with Crippen LogP contribution in [0.15, 0.2) is 0 Å². The lowest BCUT2D eigenvalue weighted by Gasteiger charge is -2.30. The lowest BCUT2D eigenvalue weighted by molar-refractivity contribution is -0.884. The Labute approximate surface area is 127 Å². The molecule has 1 N–H and O–H groups in total. The summed E-state index contributed by atoms with van der Waals surface area (Å²) in [4.78, 5) is 22.1. The van der Waals surface area contributed by atoms with Gasteiger partial charge in [-0.25, -0.2) is 4.39 Å². The van der Waals surface area contributed by atoms with E-state index in [2.05, 4.69) is 5.32 Å². The average molecular weight is 304 g/mol. The average Bonchev–Trinajstić information content (AvgIpc) is 2.33. The van der Waals surface area contributed by atoms with Crippen LogP contribution in [0.2, 0.25) is 0 Å². The number of rotatable bonds is 12. The topological polar surface area (TPSA) is 69.2 Å². The van der Waals surface area contributed by atoms with Gasteiger partial charge in [0.15, 0.2) is 0 Å². The first-order chi connectivity index (χ1) is 9.76. The van der Waals surface area contributed by atoms with Gasteiger partial charge in [0.25, 0.3) is 0 Å². The summed E-state index contributed by atoms with van der Waals surface area (Å²) in [6, 6.07) is 0. The maximum Gasteiger partial charge on any atom is 0.219 e. The van der Waals surface area contributed by atoms with Crippen molar-refractivity contribution >= 4 is 11.9 Å². The third-order valence-electron chi connectivity index (χ3n) is 3.34. The summed E-state index contributed by atoms with van der Waals surface area (Å²) in [7, 11) is 3.62. The monoisotopic (exact) mass is 304 g/mol. The molecule has 0 aromatic carbocycles. The summed E-state index contributed by atoms with van der Waals surface area (Å²) >= 11 is 0. The second-order valence-electron chi connectivity index (χ2n) is 6.17. The number of likely N-dealkylation sites (N-methyl/N-ethyl adjacent to an activating group) is 1.